The highest BCUT2D eigenvalue weighted by Gasteiger charge is 2.11. The average Bonchev–Trinajstić information content (AvgIpc) is 2.29. The molecule has 0 amide bonds. The van der Waals surface area contributed by atoms with Gasteiger partial charge in [0, 0.05) is 11.5 Å². The van der Waals surface area contributed by atoms with Crippen LogP contribution in [-0.4, -0.2) is 19.2 Å². The lowest BCUT2D eigenvalue weighted by Gasteiger charge is -2.06. The second-order valence-corrected chi connectivity index (χ2v) is 3.16. The molecule has 1 heterocycles. The van der Waals surface area contributed by atoms with Gasteiger partial charge in [-0.05, 0) is 17.5 Å². The van der Waals surface area contributed by atoms with Gasteiger partial charge in [0.1, 0.15) is 0 Å². The third kappa shape index (κ3) is 1.64. The van der Waals surface area contributed by atoms with Crippen molar-refractivity contribution in [1.29, 1.82) is 0 Å². The summed E-state index contributed by atoms with van der Waals surface area (Å²) in [5, 5.41) is 0.571. The molecule has 1 aromatic carbocycles. The monoisotopic (exact) mass is 225 g/mol. The first-order valence-corrected chi connectivity index (χ1v) is 4.53. The minimum Gasteiger partial charge on any atom is -0.494 e. The molecule has 5 heteroatoms. The Kier molecular flexibility index (Phi) is 2.60. The van der Waals surface area contributed by atoms with Crippen LogP contribution in [-0.2, 0) is 0 Å². The molecular weight excluding hydrogens is 216 g/mol. The summed E-state index contributed by atoms with van der Waals surface area (Å²) < 4.78 is 36.4. The number of hydrogen-bond acceptors (Lipinski definition) is 3. The van der Waals surface area contributed by atoms with Crippen molar-refractivity contribution in [2.45, 2.75) is 0 Å². The standard InChI is InChI=1S/C11H9F2NO2/c1-15-9-3-6-4-10(16-2)14-11(13)7(6)5-8(9)12/h3-5H,1-2H3. The second-order valence-electron chi connectivity index (χ2n) is 3.16. The van der Waals surface area contributed by atoms with E-state index in [1.807, 2.05) is 0 Å². The zero-order valence-electron chi connectivity index (χ0n) is 8.75. The van der Waals surface area contributed by atoms with E-state index in [1.165, 1.54) is 26.4 Å². The summed E-state index contributed by atoms with van der Waals surface area (Å²) in [6, 6.07) is 3.97. The zero-order valence-corrected chi connectivity index (χ0v) is 8.75. The van der Waals surface area contributed by atoms with Gasteiger partial charge in [-0.3, -0.25) is 0 Å². The molecule has 0 saturated carbocycles. The van der Waals surface area contributed by atoms with Crippen molar-refractivity contribution in [3.63, 3.8) is 0 Å². The topological polar surface area (TPSA) is 31.4 Å². The van der Waals surface area contributed by atoms with Crippen LogP contribution in [0, 0.1) is 11.8 Å². The number of aromatic nitrogens is 1. The Morgan fingerprint density at radius 1 is 1.06 bits per heavy atom. The predicted molar refractivity (Wildman–Crippen MR) is 54.8 cm³/mol. The van der Waals surface area contributed by atoms with E-state index in [0.29, 0.717) is 5.39 Å². The molecule has 0 saturated heterocycles. The predicted octanol–water partition coefficient (Wildman–Crippen LogP) is 2.53. The van der Waals surface area contributed by atoms with Gasteiger partial charge in [0.05, 0.1) is 14.2 Å². The van der Waals surface area contributed by atoms with E-state index in [-0.39, 0.29) is 17.0 Å². The van der Waals surface area contributed by atoms with Gasteiger partial charge in [0.2, 0.25) is 11.8 Å². The fourth-order valence-electron chi connectivity index (χ4n) is 1.45. The lowest BCUT2D eigenvalue weighted by molar-refractivity contribution is 0.385. The van der Waals surface area contributed by atoms with Gasteiger partial charge in [0.15, 0.2) is 11.6 Å². The van der Waals surface area contributed by atoms with Gasteiger partial charge in [-0.2, -0.15) is 9.37 Å². The summed E-state index contributed by atoms with van der Waals surface area (Å²) in [6.07, 6.45) is 0. The highest BCUT2D eigenvalue weighted by atomic mass is 19.1. The molecular formula is C11H9F2NO2. The van der Waals surface area contributed by atoms with Gasteiger partial charge in [-0.15, -0.1) is 0 Å². The van der Waals surface area contributed by atoms with Crippen molar-refractivity contribution in [2.75, 3.05) is 14.2 Å². The first-order valence-electron chi connectivity index (χ1n) is 4.53. The molecule has 16 heavy (non-hydrogen) atoms. The zero-order chi connectivity index (χ0) is 11.7. The number of ether oxygens (including phenoxy) is 2. The van der Waals surface area contributed by atoms with E-state index in [4.69, 9.17) is 9.47 Å². The molecule has 0 bridgehead atoms. The second kappa shape index (κ2) is 3.92. The molecule has 1 aromatic heterocycles. The molecule has 0 aliphatic carbocycles. The number of fused-ring (bicyclic) bond motifs is 1. The smallest absolute Gasteiger partial charge is 0.224 e. The van der Waals surface area contributed by atoms with E-state index < -0.39 is 11.8 Å². The van der Waals surface area contributed by atoms with Crippen molar-refractivity contribution < 1.29 is 18.3 Å². The Balaban J connectivity index is 2.75. The summed E-state index contributed by atoms with van der Waals surface area (Å²) in [4.78, 5) is 3.52. The van der Waals surface area contributed by atoms with Crippen molar-refractivity contribution in [2.24, 2.45) is 0 Å². The molecule has 3 nitrogen and oxygen atoms in total. The fraction of sp³-hybridized carbons (Fsp3) is 0.182. The molecule has 2 rings (SSSR count). The van der Waals surface area contributed by atoms with Crippen LogP contribution in [0.2, 0.25) is 0 Å². The van der Waals surface area contributed by atoms with E-state index in [1.54, 1.807) is 0 Å². The van der Waals surface area contributed by atoms with Crippen LogP contribution in [0.15, 0.2) is 18.2 Å². The van der Waals surface area contributed by atoms with Crippen molar-refractivity contribution >= 4 is 10.8 Å². The van der Waals surface area contributed by atoms with Crippen LogP contribution in [0.5, 0.6) is 11.6 Å². The summed E-state index contributed by atoms with van der Waals surface area (Å²) in [5.41, 5.74) is 0. The molecule has 0 aliphatic rings. The molecule has 0 N–H and O–H groups in total. The van der Waals surface area contributed by atoms with Crippen LogP contribution in [0.4, 0.5) is 8.78 Å². The third-order valence-corrected chi connectivity index (χ3v) is 2.24. The van der Waals surface area contributed by atoms with Gasteiger partial charge >= 0.3 is 0 Å². The summed E-state index contributed by atoms with van der Waals surface area (Å²) in [7, 11) is 2.73. The summed E-state index contributed by atoms with van der Waals surface area (Å²) in [5.74, 6) is -1.20. The number of pyridine rings is 1. The van der Waals surface area contributed by atoms with E-state index in [2.05, 4.69) is 4.98 Å². The van der Waals surface area contributed by atoms with Gasteiger partial charge in [-0.1, -0.05) is 0 Å². The van der Waals surface area contributed by atoms with E-state index in [0.717, 1.165) is 6.07 Å². The molecule has 84 valence electrons. The van der Waals surface area contributed by atoms with Crippen LogP contribution < -0.4 is 9.47 Å². The minimum absolute atomic E-state index is 0.0557. The largest absolute Gasteiger partial charge is 0.494 e. The van der Waals surface area contributed by atoms with E-state index in [9.17, 15) is 8.78 Å². The third-order valence-electron chi connectivity index (χ3n) is 2.24. The summed E-state index contributed by atoms with van der Waals surface area (Å²) >= 11 is 0. The Morgan fingerprint density at radius 3 is 2.44 bits per heavy atom. The quantitative estimate of drug-likeness (QED) is 0.736. The molecule has 2 aromatic rings. The lowest BCUT2D eigenvalue weighted by Crippen LogP contribution is -1.94. The molecule has 0 fully saturated rings. The number of halogens is 2. The molecule has 0 aliphatic heterocycles. The molecule has 0 atom stereocenters. The summed E-state index contributed by atoms with van der Waals surface area (Å²) in [6.45, 7) is 0. The number of hydrogen-bond donors (Lipinski definition) is 0. The van der Waals surface area contributed by atoms with Gasteiger partial charge < -0.3 is 9.47 Å². The first kappa shape index (κ1) is 10.6. The number of benzene rings is 1. The van der Waals surface area contributed by atoms with Crippen LogP contribution >= 0.6 is 0 Å². The molecule has 0 spiro atoms. The van der Waals surface area contributed by atoms with Crippen molar-refractivity contribution in [3.8, 4) is 11.6 Å². The Bertz CT molecular complexity index is 543. The maximum absolute atomic E-state index is 13.5. The maximum atomic E-state index is 13.5. The molecule has 0 radical (unpaired) electrons. The van der Waals surface area contributed by atoms with Crippen molar-refractivity contribution in [1.82, 2.24) is 4.98 Å². The Labute approximate surface area is 90.6 Å². The lowest BCUT2D eigenvalue weighted by atomic mass is 10.1. The number of methoxy groups -OCH3 is 2. The normalized spacial score (nSPS) is 10.5. The molecule has 0 unspecified atom stereocenters. The average molecular weight is 225 g/mol. The van der Waals surface area contributed by atoms with Crippen LogP contribution in [0.1, 0.15) is 0 Å². The number of nitrogens with zero attached hydrogens (tertiary/aromatic N) is 1. The fourth-order valence-corrected chi connectivity index (χ4v) is 1.45. The number of rotatable bonds is 2. The van der Waals surface area contributed by atoms with Gasteiger partial charge in [0.25, 0.3) is 0 Å². The van der Waals surface area contributed by atoms with Crippen molar-refractivity contribution in [3.05, 3.63) is 30.0 Å². The highest BCUT2D eigenvalue weighted by Crippen LogP contribution is 2.27. The SMILES string of the molecule is COc1cc2cc(OC)c(F)cc2c(F)n1. The highest BCUT2D eigenvalue weighted by molar-refractivity contribution is 5.84. The Morgan fingerprint density at radius 2 is 1.81 bits per heavy atom. The van der Waals surface area contributed by atoms with Crippen LogP contribution in [0.25, 0.3) is 10.8 Å². The Hall–Kier alpha value is -1.91. The minimum atomic E-state index is -0.768. The van der Waals surface area contributed by atoms with Crippen LogP contribution in [0.3, 0.4) is 0 Å². The van der Waals surface area contributed by atoms with Gasteiger partial charge in [-0.25, -0.2) is 4.39 Å². The first-order chi connectivity index (χ1) is 7.65. The maximum Gasteiger partial charge on any atom is 0.224 e. The van der Waals surface area contributed by atoms with E-state index >= 15 is 0 Å².